The minimum atomic E-state index is -4.57. The van der Waals surface area contributed by atoms with Gasteiger partial charge in [-0.25, -0.2) is 0 Å². The zero-order chi connectivity index (χ0) is 27.6. The van der Waals surface area contributed by atoms with Crippen LogP contribution < -0.4 is 15.5 Å². The van der Waals surface area contributed by atoms with E-state index >= 15 is 0 Å². The first-order valence-electron chi connectivity index (χ1n) is 13.4. The predicted octanol–water partition coefficient (Wildman–Crippen LogP) is 3.38. The van der Waals surface area contributed by atoms with Crippen LogP contribution >= 0.6 is 19.8 Å². The van der Waals surface area contributed by atoms with Crippen LogP contribution in [0.1, 0.15) is 77.6 Å². The van der Waals surface area contributed by atoms with Crippen LogP contribution in [0.25, 0.3) is 0 Å². The summed E-state index contributed by atoms with van der Waals surface area (Å²) in [5.74, 6) is 0.683. The number of carbonyl (C=O) groups excluding carboxylic acids is 2. The number of amides is 1. The third-order valence-corrected chi connectivity index (χ3v) is 9.05. The summed E-state index contributed by atoms with van der Waals surface area (Å²) in [6.45, 7) is 2.12. The van der Waals surface area contributed by atoms with Gasteiger partial charge in [-0.1, -0.05) is 17.7 Å². The van der Waals surface area contributed by atoms with Crippen LogP contribution in [0.15, 0.2) is 24.4 Å². The van der Waals surface area contributed by atoms with Crippen molar-refractivity contribution in [2.75, 3.05) is 23.3 Å². The number of nitrogens with zero attached hydrogens (tertiary/aromatic N) is 3. The molecule has 1 aliphatic heterocycles. The smallest absolute Gasteiger partial charge is 0.0514 e. The van der Waals surface area contributed by atoms with Crippen molar-refractivity contribution in [3.8, 4) is 0 Å². The zero-order valence-electron chi connectivity index (χ0n) is 21.6. The first-order chi connectivity index (χ1) is 18.6. The van der Waals surface area contributed by atoms with Crippen molar-refractivity contribution in [1.29, 1.82) is 0 Å². The molecule has 212 valence electrons. The Kier molecular flexibility index (Phi) is 8.37. The van der Waals surface area contributed by atoms with Crippen molar-refractivity contribution in [3.63, 3.8) is 0 Å². The Labute approximate surface area is 232 Å². The number of piperidine rings is 1. The summed E-state index contributed by atoms with van der Waals surface area (Å²) in [5.41, 5.74) is 2.08. The first-order valence-corrected chi connectivity index (χ1v) is 15.5. The van der Waals surface area contributed by atoms with E-state index in [0.29, 0.717) is 71.8 Å². The predicted molar refractivity (Wildman–Crippen MR) is 149 cm³/mol. The van der Waals surface area contributed by atoms with Gasteiger partial charge in [0.15, 0.2) is 6.29 Å². The van der Waals surface area contributed by atoms with Gasteiger partial charge in [0.25, 0.3) is 0 Å². The summed E-state index contributed by atoms with van der Waals surface area (Å²) in [6.07, 6.45) is 8.77. The van der Waals surface area contributed by atoms with Gasteiger partial charge in [0.05, 0.1) is 5.02 Å². The maximum atomic E-state index is 13.3. The standard InChI is InChI=1S/C26H35ClN5O6P/c27-22-13-17(1-2-18(22)16-33)14-28-23-21(15-29-25(31-23)32-11-9-26(7-8-26)10-12-32)24(34)30-19-3-5-20(6-4-19)38-39(35,36)37/h1-2,13,15-16,19-20,35-37,39H,3-12,14H2,(H,30,34)(H,28,29,31). The van der Waals surface area contributed by atoms with Gasteiger partial charge in [0, 0.05) is 18.7 Å². The number of aromatic nitrogens is 2. The number of rotatable bonds is 9. The van der Waals surface area contributed by atoms with Crippen LogP contribution in [0.3, 0.4) is 0 Å². The number of halogens is 1. The van der Waals surface area contributed by atoms with E-state index < -0.39 is 14.3 Å². The second-order valence-corrected chi connectivity index (χ2v) is 12.7. The molecule has 13 heteroatoms. The van der Waals surface area contributed by atoms with Crippen LogP contribution in [-0.4, -0.2) is 62.1 Å². The second kappa shape index (κ2) is 11.6. The van der Waals surface area contributed by atoms with Crippen LogP contribution in [0.5, 0.6) is 0 Å². The Morgan fingerprint density at radius 1 is 1.15 bits per heavy atom. The Balaban J connectivity index is 1.29. The van der Waals surface area contributed by atoms with Crippen LogP contribution in [0.4, 0.5) is 11.8 Å². The number of anilines is 2. The molecule has 3 aliphatic rings. The summed E-state index contributed by atoms with van der Waals surface area (Å²) >= 11 is 6.20. The molecular formula is C26H35ClN5O6P. The fraction of sp³-hybridized carbons (Fsp3) is 0.538. The Morgan fingerprint density at radius 2 is 1.87 bits per heavy atom. The van der Waals surface area contributed by atoms with Crippen LogP contribution in [-0.2, 0) is 11.1 Å². The largest absolute Gasteiger partial charge is 0.0836 e. The molecule has 2 saturated carbocycles. The van der Waals surface area contributed by atoms with Gasteiger partial charge in [-0.15, -0.1) is 0 Å². The molecule has 2 aliphatic carbocycles. The third kappa shape index (κ3) is 7.22. The number of benzene rings is 1. The van der Waals surface area contributed by atoms with Crippen molar-refractivity contribution in [1.82, 2.24) is 15.3 Å². The molecule has 5 rings (SSSR count). The fourth-order valence-corrected chi connectivity index (χ4v) is 6.39. The molecule has 5 N–H and O–H groups in total. The SMILES string of the molecule is O=Cc1ccc(CNc2nc(N3CCC4(CC3)CC4)ncc2C(=O)NC2CCC(O[PH](O)(O)O)CC2)cc1Cl. The third-order valence-electron chi connectivity index (χ3n) is 8.07. The Hall–Kier alpha value is -2.40. The van der Waals surface area contributed by atoms with E-state index in [0.717, 1.165) is 31.5 Å². The molecule has 3 fully saturated rings. The number of hydrogen-bond donors (Lipinski definition) is 5. The summed E-state index contributed by atoms with van der Waals surface area (Å²) in [5, 5.41) is 6.66. The van der Waals surface area contributed by atoms with Gasteiger partial charge < -0.3 is 0 Å². The normalized spacial score (nSPS) is 22.8. The molecule has 0 bridgehead atoms. The topological polar surface area (TPSA) is 157 Å². The molecular weight excluding hydrogens is 545 g/mol. The minimum absolute atomic E-state index is 0.136. The van der Waals surface area contributed by atoms with Crippen molar-refractivity contribution in [3.05, 3.63) is 46.1 Å². The zero-order valence-corrected chi connectivity index (χ0v) is 23.4. The van der Waals surface area contributed by atoms with E-state index in [2.05, 4.69) is 20.5 Å². The monoisotopic (exact) mass is 579 g/mol. The minimum Gasteiger partial charge on any atom is -0.0836 e. The summed E-state index contributed by atoms with van der Waals surface area (Å²) in [4.78, 5) is 63.5. The van der Waals surface area contributed by atoms with Crippen molar-refractivity contribution >= 4 is 43.7 Å². The van der Waals surface area contributed by atoms with Gasteiger partial charge in [-0.05, 0) is 43.2 Å². The fourth-order valence-electron chi connectivity index (χ4n) is 5.46. The molecule has 39 heavy (non-hydrogen) atoms. The number of carbonyl (C=O) groups is 2. The van der Waals surface area contributed by atoms with Gasteiger partial charge >= 0.3 is 137 Å². The second-order valence-electron chi connectivity index (χ2n) is 10.9. The van der Waals surface area contributed by atoms with E-state index in [4.69, 9.17) is 21.1 Å². The average molecular weight is 580 g/mol. The van der Waals surface area contributed by atoms with E-state index in [1.54, 1.807) is 24.4 Å². The molecule has 1 aromatic heterocycles. The van der Waals surface area contributed by atoms with Crippen LogP contribution in [0, 0.1) is 5.41 Å². The molecule has 1 saturated heterocycles. The maximum Gasteiger partial charge on any atom is 0.0514 e. The Bertz CT molecular complexity index is 1210. The molecule has 11 nitrogen and oxygen atoms in total. The number of nitrogens with one attached hydrogen (secondary N) is 2. The van der Waals surface area contributed by atoms with Crippen molar-refractivity contribution in [2.45, 2.75) is 70.1 Å². The first kappa shape index (κ1) is 28.1. The summed E-state index contributed by atoms with van der Waals surface area (Å²) in [6, 6.07) is 5.03. The molecule has 1 spiro atoms. The number of aldehydes is 1. The summed E-state index contributed by atoms with van der Waals surface area (Å²) < 4.78 is 4.95. The van der Waals surface area contributed by atoms with E-state index in [1.807, 2.05) is 0 Å². The van der Waals surface area contributed by atoms with Crippen molar-refractivity contribution < 1.29 is 28.8 Å². The summed E-state index contributed by atoms with van der Waals surface area (Å²) in [7, 11) is -4.57. The molecule has 0 radical (unpaired) electrons. The molecule has 0 atom stereocenters. The molecule has 2 aromatic rings. The van der Waals surface area contributed by atoms with Gasteiger partial charge in [0.1, 0.15) is 0 Å². The molecule has 0 unspecified atom stereocenters. The average Bonchev–Trinajstić information content (AvgIpc) is 3.66. The molecule has 1 amide bonds. The van der Waals surface area contributed by atoms with E-state index in [1.165, 1.54) is 12.8 Å². The van der Waals surface area contributed by atoms with Gasteiger partial charge in [-0.3, -0.25) is 4.79 Å². The Morgan fingerprint density at radius 3 is 2.49 bits per heavy atom. The van der Waals surface area contributed by atoms with E-state index in [9.17, 15) is 24.3 Å². The van der Waals surface area contributed by atoms with Gasteiger partial charge in [-0.2, -0.15) is 0 Å². The van der Waals surface area contributed by atoms with E-state index in [-0.39, 0.29) is 11.9 Å². The molecule has 1 aromatic carbocycles. The maximum absolute atomic E-state index is 13.3. The van der Waals surface area contributed by atoms with Crippen molar-refractivity contribution in [2.24, 2.45) is 5.41 Å². The quantitative estimate of drug-likeness (QED) is 0.220. The number of hydrogen-bond acceptors (Lipinski definition) is 10. The van der Waals surface area contributed by atoms with Crippen LogP contribution in [0.2, 0.25) is 5.02 Å². The van der Waals surface area contributed by atoms with Gasteiger partial charge in [0.2, 0.25) is 0 Å². The molecule has 2 heterocycles.